The second kappa shape index (κ2) is 5.66. The second-order valence-electron chi connectivity index (χ2n) is 5.17. The molecule has 0 N–H and O–H groups in total. The van der Waals surface area contributed by atoms with E-state index in [0.29, 0.717) is 10.6 Å². The van der Waals surface area contributed by atoms with E-state index in [-0.39, 0.29) is 17.1 Å². The van der Waals surface area contributed by atoms with Crippen molar-refractivity contribution in [3.8, 4) is 0 Å². The first-order valence-electron chi connectivity index (χ1n) is 6.74. The largest absolute Gasteiger partial charge is 0.335 e. The van der Waals surface area contributed by atoms with Gasteiger partial charge in [0.05, 0.1) is 16.6 Å². The zero-order valence-corrected chi connectivity index (χ0v) is 13.0. The minimum Gasteiger partial charge on any atom is -0.335 e. The average Bonchev–Trinajstić information content (AvgIpc) is 2.92. The van der Waals surface area contributed by atoms with Gasteiger partial charge < -0.3 is 4.90 Å². The number of pyridine rings is 1. The smallest absolute Gasteiger partial charge is 0.255 e. The van der Waals surface area contributed by atoms with Crippen molar-refractivity contribution in [3.63, 3.8) is 0 Å². The van der Waals surface area contributed by atoms with Crippen LogP contribution >= 0.6 is 23.2 Å². The van der Waals surface area contributed by atoms with Crippen LogP contribution in [0.5, 0.6) is 0 Å². The highest BCUT2D eigenvalue weighted by molar-refractivity contribution is 6.41. The zero-order valence-electron chi connectivity index (χ0n) is 11.5. The SMILES string of the molecule is CN(C(=O)c1cnc(Cl)c(Cl)c1)C1CCc2ccccc21. The van der Waals surface area contributed by atoms with E-state index in [0.717, 1.165) is 12.8 Å². The summed E-state index contributed by atoms with van der Waals surface area (Å²) in [4.78, 5) is 18.3. The molecule has 0 fully saturated rings. The molecule has 3 nitrogen and oxygen atoms in total. The van der Waals surface area contributed by atoms with E-state index >= 15 is 0 Å². The first kappa shape index (κ1) is 14.4. The van der Waals surface area contributed by atoms with Gasteiger partial charge in [-0.1, -0.05) is 47.5 Å². The third-order valence-electron chi connectivity index (χ3n) is 3.93. The van der Waals surface area contributed by atoms with Crippen molar-refractivity contribution in [2.75, 3.05) is 7.05 Å². The summed E-state index contributed by atoms with van der Waals surface area (Å²) < 4.78 is 0. The fraction of sp³-hybridized carbons (Fsp3) is 0.250. The lowest BCUT2D eigenvalue weighted by Crippen LogP contribution is -2.30. The highest BCUT2D eigenvalue weighted by atomic mass is 35.5. The Hall–Kier alpha value is -1.58. The van der Waals surface area contributed by atoms with Crippen molar-refractivity contribution in [2.24, 2.45) is 0 Å². The second-order valence-corrected chi connectivity index (χ2v) is 5.93. The number of hydrogen-bond donors (Lipinski definition) is 0. The molecular formula is C16H14Cl2N2O. The molecule has 1 aliphatic rings. The quantitative estimate of drug-likeness (QED) is 0.779. The standard InChI is InChI=1S/C16H14Cl2N2O/c1-20(14-7-6-10-4-2-3-5-12(10)14)16(21)11-8-13(17)15(18)19-9-11/h2-5,8-9,14H,6-7H2,1H3. The monoisotopic (exact) mass is 320 g/mol. The molecule has 1 amide bonds. The van der Waals surface area contributed by atoms with Crippen molar-refractivity contribution in [3.05, 3.63) is 63.4 Å². The van der Waals surface area contributed by atoms with E-state index in [2.05, 4.69) is 17.1 Å². The van der Waals surface area contributed by atoms with Crippen LogP contribution in [-0.2, 0) is 6.42 Å². The maximum Gasteiger partial charge on any atom is 0.255 e. The molecule has 1 aromatic carbocycles. The summed E-state index contributed by atoms with van der Waals surface area (Å²) in [6, 6.07) is 9.92. The fourth-order valence-electron chi connectivity index (χ4n) is 2.82. The van der Waals surface area contributed by atoms with E-state index in [1.54, 1.807) is 11.0 Å². The van der Waals surface area contributed by atoms with Crippen LogP contribution < -0.4 is 0 Å². The molecule has 0 radical (unpaired) electrons. The number of carbonyl (C=O) groups is 1. The van der Waals surface area contributed by atoms with E-state index in [1.807, 2.05) is 19.2 Å². The van der Waals surface area contributed by atoms with Crippen molar-refractivity contribution >= 4 is 29.1 Å². The molecule has 2 aromatic rings. The number of fused-ring (bicyclic) bond motifs is 1. The Morgan fingerprint density at radius 3 is 2.86 bits per heavy atom. The molecule has 5 heteroatoms. The van der Waals surface area contributed by atoms with Crippen molar-refractivity contribution in [1.29, 1.82) is 0 Å². The topological polar surface area (TPSA) is 33.2 Å². The number of aromatic nitrogens is 1. The maximum absolute atomic E-state index is 12.6. The molecule has 0 aliphatic heterocycles. The Bertz CT molecular complexity index is 702. The Morgan fingerprint density at radius 2 is 2.10 bits per heavy atom. The number of carbonyl (C=O) groups excluding carboxylic acids is 1. The molecule has 1 aliphatic carbocycles. The van der Waals surface area contributed by atoms with Crippen LogP contribution in [0.4, 0.5) is 0 Å². The number of nitrogens with zero attached hydrogens (tertiary/aromatic N) is 2. The van der Waals surface area contributed by atoms with Gasteiger partial charge in [0, 0.05) is 13.2 Å². The van der Waals surface area contributed by atoms with Gasteiger partial charge in [0.25, 0.3) is 5.91 Å². The molecule has 1 unspecified atom stereocenters. The third kappa shape index (κ3) is 2.63. The van der Waals surface area contributed by atoms with Crippen LogP contribution in [0, 0.1) is 0 Å². The minimum absolute atomic E-state index is 0.0947. The van der Waals surface area contributed by atoms with Crippen molar-refractivity contribution < 1.29 is 4.79 Å². The molecule has 0 saturated carbocycles. The number of benzene rings is 1. The van der Waals surface area contributed by atoms with Gasteiger partial charge in [-0.2, -0.15) is 0 Å². The molecule has 1 atom stereocenters. The predicted molar refractivity (Wildman–Crippen MR) is 83.9 cm³/mol. The molecule has 3 rings (SSSR count). The van der Waals surface area contributed by atoms with Gasteiger partial charge in [0.15, 0.2) is 0 Å². The van der Waals surface area contributed by atoms with Gasteiger partial charge in [0.1, 0.15) is 5.15 Å². The Labute approximate surface area is 133 Å². The van der Waals surface area contributed by atoms with Gasteiger partial charge in [0.2, 0.25) is 0 Å². The van der Waals surface area contributed by atoms with Crippen LogP contribution in [0.15, 0.2) is 36.5 Å². The Morgan fingerprint density at radius 1 is 1.33 bits per heavy atom. The zero-order chi connectivity index (χ0) is 15.0. The summed E-state index contributed by atoms with van der Waals surface area (Å²) in [7, 11) is 1.82. The van der Waals surface area contributed by atoms with Crippen LogP contribution in [0.3, 0.4) is 0 Å². The molecule has 1 heterocycles. The summed E-state index contributed by atoms with van der Waals surface area (Å²) in [6.45, 7) is 0. The predicted octanol–water partition coefficient (Wildman–Crippen LogP) is 4.15. The number of hydrogen-bond acceptors (Lipinski definition) is 2. The summed E-state index contributed by atoms with van der Waals surface area (Å²) >= 11 is 11.7. The highest BCUT2D eigenvalue weighted by Crippen LogP contribution is 2.35. The van der Waals surface area contributed by atoms with Crippen LogP contribution in [0.1, 0.15) is 33.9 Å². The number of aryl methyl sites for hydroxylation is 1. The molecule has 21 heavy (non-hydrogen) atoms. The normalized spacial score (nSPS) is 16.6. The van der Waals surface area contributed by atoms with Gasteiger partial charge >= 0.3 is 0 Å². The maximum atomic E-state index is 12.6. The molecule has 0 spiro atoms. The van der Waals surface area contributed by atoms with Crippen LogP contribution in [0.2, 0.25) is 10.2 Å². The number of amides is 1. The van der Waals surface area contributed by atoms with Gasteiger partial charge in [-0.25, -0.2) is 4.98 Å². The third-order valence-corrected chi connectivity index (χ3v) is 4.62. The van der Waals surface area contributed by atoms with Gasteiger partial charge in [-0.15, -0.1) is 0 Å². The lowest BCUT2D eigenvalue weighted by atomic mass is 10.1. The first-order valence-corrected chi connectivity index (χ1v) is 7.49. The molecule has 108 valence electrons. The summed E-state index contributed by atoms with van der Waals surface area (Å²) in [5, 5.41) is 0.504. The van der Waals surface area contributed by atoms with Gasteiger partial charge in [-0.3, -0.25) is 4.79 Å². The lowest BCUT2D eigenvalue weighted by molar-refractivity contribution is 0.0730. The lowest BCUT2D eigenvalue weighted by Gasteiger charge is -2.25. The van der Waals surface area contributed by atoms with Gasteiger partial charge in [-0.05, 0) is 30.0 Å². The van der Waals surface area contributed by atoms with E-state index in [1.165, 1.54) is 17.3 Å². The number of halogens is 2. The molecule has 1 aromatic heterocycles. The Kier molecular flexibility index (Phi) is 3.87. The number of rotatable bonds is 2. The Balaban J connectivity index is 1.87. The van der Waals surface area contributed by atoms with Crippen molar-refractivity contribution in [1.82, 2.24) is 9.88 Å². The van der Waals surface area contributed by atoms with Crippen LogP contribution in [-0.4, -0.2) is 22.8 Å². The first-order chi connectivity index (χ1) is 10.1. The molecule has 0 saturated heterocycles. The summed E-state index contributed by atoms with van der Waals surface area (Å²) in [5.74, 6) is -0.0947. The summed E-state index contributed by atoms with van der Waals surface area (Å²) in [5.41, 5.74) is 2.99. The van der Waals surface area contributed by atoms with E-state index in [4.69, 9.17) is 23.2 Å². The fourth-order valence-corrected chi connectivity index (χ4v) is 3.09. The molecular weight excluding hydrogens is 307 g/mol. The minimum atomic E-state index is -0.0947. The summed E-state index contributed by atoms with van der Waals surface area (Å²) in [6.07, 6.45) is 3.41. The van der Waals surface area contributed by atoms with E-state index in [9.17, 15) is 4.79 Å². The van der Waals surface area contributed by atoms with E-state index < -0.39 is 0 Å². The molecule has 0 bridgehead atoms. The van der Waals surface area contributed by atoms with Crippen molar-refractivity contribution in [2.45, 2.75) is 18.9 Å². The van der Waals surface area contributed by atoms with Crippen LogP contribution in [0.25, 0.3) is 0 Å². The highest BCUT2D eigenvalue weighted by Gasteiger charge is 2.29. The average molecular weight is 321 g/mol.